The molecule has 0 radical (unpaired) electrons. The number of ether oxygens (including phenoxy) is 4. The van der Waals surface area contributed by atoms with E-state index >= 15 is 0 Å². The lowest BCUT2D eigenvalue weighted by Gasteiger charge is -2.14. The highest BCUT2D eigenvalue weighted by Gasteiger charge is 2.20. The number of carboxylic acids is 1. The van der Waals surface area contributed by atoms with Gasteiger partial charge in [-0.3, -0.25) is 14.4 Å². The molecule has 0 atom stereocenters. The van der Waals surface area contributed by atoms with Crippen LogP contribution in [0.3, 0.4) is 0 Å². The van der Waals surface area contributed by atoms with E-state index in [9.17, 15) is 57.8 Å². The van der Waals surface area contributed by atoms with Crippen LogP contribution in [0.15, 0.2) is 65.2 Å². The van der Waals surface area contributed by atoms with E-state index in [-0.39, 0.29) is 12.2 Å². The van der Waals surface area contributed by atoms with Crippen molar-refractivity contribution < 1.29 is 53.1 Å². The maximum absolute atomic E-state index is 13.4. The minimum atomic E-state index is -1.35. The summed E-state index contributed by atoms with van der Waals surface area (Å²) in [4.78, 5) is 140. The summed E-state index contributed by atoms with van der Waals surface area (Å²) >= 11 is 0. The fraction of sp³-hybridized carbons (Fsp3) is 0.488. The SMILES string of the molecule is CCCCOC(=O)CCn1c(=O)n(CCC(=O)O)c(=O)n(CCC(=O)OCCn2c(=O)n(CCO)c(=O)n(CCOC(=O)c3ccc4cc(C(=O)OCCCC)ccc4c3)c2=O)c1=O. The van der Waals surface area contributed by atoms with Gasteiger partial charge in [-0.1, -0.05) is 38.8 Å². The van der Waals surface area contributed by atoms with Crippen molar-refractivity contribution in [2.45, 2.75) is 98.1 Å². The summed E-state index contributed by atoms with van der Waals surface area (Å²) in [5.74, 6) is -4.40. The Hall–Kier alpha value is -7.17. The first-order valence-electron chi connectivity index (χ1n) is 20.5. The Morgan fingerprint density at radius 3 is 1.22 bits per heavy atom. The van der Waals surface area contributed by atoms with E-state index in [0.29, 0.717) is 56.8 Å². The van der Waals surface area contributed by atoms with Crippen LogP contribution in [0.5, 0.6) is 0 Å². The molecule has 4 rings (SSSR count). The van der Waals surface area contributed by atoms with Crippen molar-refractivity contribution in [3.05, 3.63) is 110 Å². The van der Waals surface area contributed by atoms with Gasteiger partial charge in [-0.25, -0.2) is 65.8 Å². The van der Waals surface area contributed by atoms with Gasteiger partial charge in [0.2, 0.25) is 0 Å². The molecule has 0 saturated heterocycles. The van der Waals surface area contributed by atoms with Crippen molar-refractivity contribution >= 4 is 40.6 Å². The molecule has 0 fully saturated rings. The third-order valence-corrected chi connectivity index (χ3v) is 9.65. The Morgan fingerprint density at radius 1 is 0.469 bits per heavy atom. The smallest absolute Gasteiger partial charge is 0.338 e. The number of benzene rings is 2. The second kappa shape index (κ2) is 23.9. The van der Waals surface area contributed by atoms with Gasteiger partial charge in [-0.05, 0) is 47.9 Å². The number of nitrogens with zero attached hydrogens (tertiary/aromatic N) is 6. The third kappa shape index (κ3) is 12.9. The van der Waals surface area contributed by atoms with E-state index in [1.54, 1.807) is 24.3 Å². The van der Waals surface area contributed by atoms with Crippen molar-refractivity contribution in [3.63, 3.8) is 0 Å². The van der Waals surface area contributed by atoms with Crippen molar-refractivity contribution in [2.75, 3.05) is 33.0 Å². The minimum absolute atomic E-state index is 0.112. The molecule has 2 aromatic carbocycles. The predicted molar refractivity (Wildman–Crippen MR) is 223 cm³/mol. The number of carbonyl (C=O) groups is 5. The van der Waals surface area contributed by atoms with Gasteiger partial charge < -0.3 is 29.2 Å². The number of hydrogen-bond donors (Lipinski definition) is 2. The fourth-order valence-electron chi connectivity index (χ4n) is 6.16. The Kier molecular flexibility index (Phi) is 18.5. The van der Waals surface area contributed by atoms with Crippen LogP contribution in [0.4, 0.5) is 0 Å². The number of aliphatic hydroxyl groups excluding tert-OH is 1. The average Bonchev–Trinajstić information content (AvgIpc) is 3.26. The van der Waals surface area contributed by atoms with Crippen LogP contribution >= 0.6 is 0 Å². The largest absolute Gasteiger partial charge is 0.481 e. The number of rotatable bonds is 25. The van der Waals surface area contributed by atoms with Crippen LogP contribution < -0.4 is 34.1 Å². The number of carboxylic acid groups (broad SMARTS) is 1. The number of aliphatic carboxylic acids is 1. The van der Waals surface area contributed by atoms with Gasteiger partial charge >= 0.3 is 64.0 Å². The molecule has 4 aromatic rings. The number of aromatic nitrogens is 6. The first-order valence-corrected chi connectivity index (χ1v) is 20.5. The highest BCUT2D eigenvalue weighted by molar-refractivity contribution is 5.99. The molecular formula is C41H50N6O17. The van der Waals surface area contributed by atoms with Crippen molar-refractivity contribution in [1.29, 1.82) is 0 Å². The summed E-state index contributed by atoms with van der Waals surface area (Å²) in [6.45, 7) is -1.01. The molecule has 0 amide bonds. The number of carbonyl (C=O) groups excluding carboxylic acids is 4. The van der Waals surface area contributed by atoms with Crippen LogP contribution in [-0.4, -0.2) is 100 Å². The molecule has 0 saturated carbocycles. The quantitative estimate of drug-likeness (QED) is 0.0479. The van der Waals surface area contributed by atoms with Crippen molar-refractivity contribution in [3.8, 4) is 0 Å². The van der Waals surface area contributed by atoms with E-state index < -0.39 is 142 Å². The maximum Gasteiger partial charge on any atom is 0.338 e. The van der Waals surface area contributed by atoms with E-state index in [1.807, 2.05) is 13.8 Å². The third-order valence-electron chi connectivity index (χ3n) is 9.65. The molecule has 23 nitrogen and oxygen atoms in total. The molecule has 0 bridgehead atoms. The molecule has 64 heavy (non-hydrogen) atoms. The number of esters is 4. The summed E-state index contributed by atoms with van der Waals surface area (Å²) in [5.41, 5.74) is -6.53. The van der Waals surface area contributed by atoms with Crippen LogP contribution in [0.2, 0.25) is 0 Å². The fourth-order valence-corrected chi connectivity index (χ4v) is 6.16. The van der Waals surface area contributed by atoms with Crippen LogP contribution in [0, 0.1) is 0 Å². The number of aliphatic hydroxyl groups is 1. The Balaban J connectivity index is 1.43. The Bertz CT molecular complexity index is 2720. The van der Waals surface area contributed by atoms with Gasteiger partial charge in [-0.2, -0.15) is 0 Å². The lowest BCUT2D eigenvalue weighted by molar-refractivity contribution is -0.145. The van der Waals surface area contributed by atoms with E-state index in [0.717, 1.165) is 19.3 Å². The highest BCUT2D eigenvalue weighted by Crippen LogP contribution is 2.19. The zero-order chi connectivity index (χ0) is 46.9. The standard InChI is InChI=1S/C41H50N6O17/c1-3-5-21-61-32(51)12-15-43-36(55)42(14-11-31(49)50)37(56)44(38(43)57)16-13-33(52)62-23-18-46-39(58)45(17-20-48)40(59)47(41(46)60)19-24-64-35(54)30-10-8-27-25-29(9-7-28(27)26-30)34(53)63-22-6-4-2/h7-10,25-26,48H,3-6,11-24H2,1-2H3,(H,49,50). The average molecular weight is 899 g/mol. The molecule has 23 heteroatoms. The first-order chi connectivity index (χ1) is 30.6. The van der Waals surface area contributed by atoms with Crippen molar-refractivity contribution in [2.24, 2.45) is 0 Å². The Labute approximate surface area is 362 Å². The minimum Gasteiger partial charge on any atom is -0.481 e. The van der Waals surface area contributed by atoms with Gasteiger partial charge in [0.15, 0.2) is 0 Å². The summed E-state index contributed by atoms with van der Waals surface area (Å²) < 4.78 is 24.0. The zero-order valence-corrected chi connectivity index (χ0v) is 35.4. The van der Waals surface area contributed by atoms with E-state index in [4.69, 9.17) is 24.1 Å². The molecule has 2 aromatic heterocycles. The monoisotopic (exact) mass is 898 g/mol. The molecule has 0 aliphatic carbocycles. The molecule has 0 aliphatic rings. The lowest BCUT2D eigenvalue weighted by atomic mass is 10.0. The highest BCUT2D eigenvalue weighted by atomic mass is 16.5. The van der Waals surface area contributed by atoms with Gasteiger partial charge in [0, 0.05) is 19.6 Å². The van der Waals surface area contributed by atoms with Crippen LogP contribution in [0.25, 0.3) is 10.8 Å². The van der Waals surface area contributed by atoms with Gasteiger partial charge in [0.1, 0.15) is 13.2 Å². The molecule has 346 valence electrons. The molecule has 2 N–H and O–H groups in total. The maximum atomic E-state index is 13.4. The molecule has 0 aliphatic heterocycles. The van der Waals surface area contributed by atoms with Crippen molar-refractivity contribution in [1.82, 2.24) is 27.4 Å². The molecular weight excluding hydrogens is 848 g/mol. The summed E-state index contributed by atoms with van der Waals surface area (Å²) in [5, 5.41) is 19.9. The summed E-state index contributed by atoms with van der Waals surface area (Å²) in [6, 6.07) is 9.41. The zero-order valence-electron chi connectivity index (χ0n) is 35.4. The number of fused-ring (bicyclic) bond motifs is 1. The lowest BCUT2D eigenvalue weighted by Crippen LogP contribution is -2.55. The summed E-state index contributed by atoms with van der Waals surface area (Å²) in [6.07, 6.45) is 1.17. The molecule has 0 spiro atoms. The Morgan fingerprint density at radius 2 is 0.812 bits per heavy atom. The molecule has 0 unspecified atom stereocenters. The molecule has 2 heterocycles. The number of unbranched alkanes of at least 4 members (excludes halogenated alkanes) is 2. The number of hydrogen-bond acceptors (Lipinski definition) is 16. The van der Waals surface area contributed by atoms with Gasteiger partial charge in [-0.15, -0.1) is 0 Å². The van der Waals surface area contributed by atoms with E-state index in [1.165, 1.54) is 12.1 Å². The van der Waals surface area contributed by atoms with Gasteiger partial charge in [0.05, 0.1) is 69.8 Å². The van der Waals surface area contributed by atoms with Crippen LogP contribution in [-0.2, 0) is 72.6 Å². The van der Waals surface area contributed by atoms with E-state index in [2.05, 4.69) is 0 Å². The normalized spacial score (nSPS) is 11.0. The first kappa shape index (κ1) is 49.5. The van der Waals surface area contributed by atoms with Gasteiger partial charge in [0.25, 0.3) is 0 Å². The topological polar surface area (TPSA) is 295 Å². The second-order valence-corrected chi connectivity index (χ2v) is 14.2. The summed E-state index contributed by atoms with van der Waals surface area (Å²) in [7, 11) is 0. The second-order valence-electron chi connectivity index (χ2n) is 14.2. The van der Waals surface area contributed by atoms with Crippen LogP contribution in [0.1, 0.15) is 79.5 Å². The predicted octanol–water partition coefficient (Wildman–Crippen LogP) is -0.542.